The van der Waals surface area contributed by atoms with Gasteiger partial charge in [-0.2, -0.15) is 5.10 Å². The Morgan fingerprint density at radius 1 is 0.860 bits per heavy atom. The molecule has 1 saturated heterocycles. The van der Waals surface area contributed by atoms with Crippen LogP contribution in [0.2, 0.25) is 0 Å². The Bertz CT molecular complexity index is 1570. The molecule has 0 radical (unpaired) electrons. The number of hydrogen-bond donors (Lipinski definition) is 0. The van der Waals surface area contributed by atoms with Crippen molar-refractivity contribution in [2.24, 2.45) is 5.10 Å². The molecule has 1 heterocycles. The van der Waals surface area contributed by atoms with Gasteiger partial charge in [-0.3, -0.25) is 4.90 Å². The van der Waals surface area contributed by atoms with Crippen LogP contribution >= 0.6 is 0 Å². The zero-order chi connectivity index (χ0) is 30.4. The van der Waals surface area contributed by atoms with Crippen molar-refractivity contribution in [3.05, 3.63) is 149 Å². The summed E-state index contributed by atoms with van der Waals surface area (Å²) in [5.41, 5.74) is 3.66. The molecule has 4 aromatic carbocycles. The standard InChI is InChI=1S/C36H34FN3O3/c1-36(2,3)43-34(41)32(24-26-13-7-4-8-14-26)40-31(23-27-19-21-30(37)22-20-27)25-39(35(40)42)38-33(28-15-9-5-10-16-28)29-17-11-6-12-18-29/h4-23,32H,24-25H2,1-3H3/t32-/m1/s1. The molecular weight excluding hydrogens is 541 g/mol. The highest BCUT2D eigenvalue weighted by molar-refractivity contribution is 6.13. The SMILES string of the molecule is CC(C)(C)OC(=O)[C@@H](Cc1ccccc1)N1C(=O)N(N=C(c2ccccc2)c2ccccc2)CC1=Cc1ccc(F)cc1. The first kappa shape index (κ1) is 29.5. The molecule has 43 heavy (non-hydrogen) atoms. The molecule has 218 valence electrons. The average Bonchev–Trinajstić information content (AvgIpc) is 3.30. The summed E-state index contributed by atoms with van der Waals surface area (Å²) in [5.74, 6) is -0.884. The van der Waals surface area contributed by atoms with Gasteiger partial charge in [-0.25, -0.2) is 19.0 Å². The van der Waals surface area contributed by atoms with Gasteiger partial charge in [-0.1, -0.05) is 103 Å². The van der Waals surface area contributed by atoms with Crippen molar-refractivity contribution in [1.82, 2.24) is 9.91 Å². The van der Waals surface area contributed by atoms with Crippen LogP contribution in [-0.4, -0.2) is 45.8 Å². The third kappa shape index (κ3) is 7.43. The van der Waals surface area contributed by atoms with Gasteiger partial charge < -0.3 is 4.74 Å². The number of nitrogens with zero attached hydrogens (tertiary/aromatic N) is 3. The van der Waals surface area contributed by atoms with Crippen LogP contribution in [0.5, 0.6) is 0 Å². The molecule has 0 spiro atoms. The van der Waals surface area contributed by atoms with Crippen molar-refractivity contribution in [2.75, 3.05) is 6.54 Å². The van der Waals surface area contributed by atoms with E-state index in [-0.39, 0.29) is 18.8 Å². The van der Waals surface area contributed by atoms with E-state index in [9.17, 15) is 14.0 Å². The second-order valence-corrected chi connectivity index (χ2v) is 11.3. The fourth-order valence-electron chi connectivity index (χ4n) is 4.90. The van der Waals surface area contributed by atoms with Crippen molar-refractivity contribution in [3.63, 3.8) is 0 Å². The molecule has 2 amide bonds. The minimum atomic E-state index is -0.960. The summed E-state index contributed by atoms with van der Waals surface area (Å²) in [6.45, 7) is 5.50. The Balaban J connectivity index is 1.62. The quantitative estimate of drug-likeness (QED) is 0.164. The van der Waals surface area contributed by atoms with E-state index in [0.717, 1.165) is 16.7 Å². The summed E-state index contributed by atoms with van der Waals surface area (Å²) in [4.78, 5) is 29.5. The summed E-state index contributed by atoms with van der Waals surface area (Å²) < 4.78 is 19.6. The van der Waals surface area contributed by atoms with Crippen molar-refractivity contribution < 1.29 is 18.7 Å². The van der Waals surface area contributed by atoms with E-state index in [4.69, 9.17) is 9.84 Å². The van der Waals surface area contributed by atoms with Crippen LogP contribution in [0.25, 0.3) is 6.08 Å². The molecule has 0 aromatic heterocycles. The summed E-state index contributed by atoms with van der Waals surface area (Å²) in [7, 11) is 0. The first-order valence-electron chi connectivity index (χ1n) is 14.2. The molecule has 1 aliphatic rings. The molecule has 0 unspecified atom stereocenters. The van der Waals surface area contributed by atoms with E-state index in [0.29, 0.717) is 17.0 Å². The lowest BCUT2D eigenvalue weighted by atomic mass is 10.0. The Kier molecular flexibility index (Phi) is 8.81. The number of halogens is 1. The number of carbonyl (C=O) groups excluding carboxylic acids is 2. The van der Waals surface area contributed by atoms with Gasteiger partial charge in [0.15, 0.2) is 0 Å². The van der Waals surface area contributed by atoms with Gasteiger partial charge in [0.25, 0.3) is 0 Å². The molecule has 1 atom stereocenters. The van der Waals surface area contributed by atoms with E-state index >= 15 is 0 Å². The first-order valence-corrected chi connectivity index (χ1v) is 14.2. The fraction of sp³-hybridized carbons (Fsp3) is 0.194. The van der Waals surface area contributed by atoms with E-state index in [1.165, 1.54) is 22.0 Å². The predicted octanol–water partition coefficient (Wildman–Crippen LogP) is 7.31. The number of benzene rings is 4. The second kappa shape index (κ2) is 12.9. The number of hydrazone groups is 1. The van der Waals surface area contributed by atoms with Crippen LogP contribution in [0.4, 0.5) is 9.18 Å². The zero-order valence-corrected chi connectivity index (χ0v) is 24.5. The zero-order valence-electron chi connectivity index (χ0n) is 24.5. The van der Waals surface area contributed by atoms with Gasteiger partial charge in [0, 0.05) is 23.2 Å². The molecule has 4 aromatic rings. The third-order valence-electron chi connectivity index (χ3n) is 6.83. The maximum atomic E-state index is 14.3. The topological polar surface area (TPSA) is 62.2 Å². The van der Waals surface area contributed by atoms with Crippen LogP contribution in [0.1, 0.15) is 43.0 Å². The molecule has 0 N–H and O–H groups in total. The fourth-order valence-corrected chi connectivity index (χ4v) is 4.90. The number of carbonyl (C=O) groups is 2. The molecule has 0 bridgehead atoms. The van der Waals surface area contributed by atoms with Gasteiger partial charge in [0.05, 0.1) is 12.3 Å². The average molecular weight is 576 g/mol. The molecule has 1 aliphatic heterocycles. The van der Waals surface area contributed by atoms with Crippen LogP contribution in [-0.2, 0) is 16.0 Å². The number of amides is 2. The van der Waals surface area contributed by atoms with Crippen molar-refractivity contribution in [2.45, 2.75) is 38.8 Å². The Hall–Kier alpha value is -5.04. The summed E-state index contributed by atoms with van der Waals surface area (Å²) in [5, 5.41) is 6.26. The van der Waals surface area contributed by atoms with Crippen molar-refractivity contribution in [3.8, 4) is 0 Å². The van der Waals surface area contributed by atoms with Crippen LogP contribution in [0.3, 0.4) is 0 Å². The molecule has 0 aliphatic carbocycles. The van der Waals surface area contributed by atoms with Crippen LogP contribution < -0.4 is 0 Å². The number of hydrogen-bond acceptors (Lipinski definition) is 4. The number of urea groups is 1. The number of rotatable bonds is 8. The minimum absolute atomic E-state index is 0.105. The Morgan fingerprint density at radius 3 is 1.93 bits per heavy atom. The maximum absolute atomic E-state index is 14.3. The lowest BCUT2D eigenvalue weighted by Crippen LogP contribution is -2.46. The summed E-state index contributed by atoms with van der Waals surface area (Å²) in [6.07, 6.45) is 2.03. The largest absolute Gasteiger partial charge is 0.458 e. The van der Waals surface area contributed by atoms with Gasteiger partial charge in [-0.15, -0.1) is 0 Å². The Morgan fingerprint density at radius 2 is 1.40 bits per heavy atom. The van der Waals surface area contributed by atoms with Crippen molar-refractivity contribution >= 4 is 23.8 Å². The second-order valence-electron chi connectivity index (χ2n) is 11.3. The smallest absolute Gasteiger partial charge is 0.345 e. The highest BCUT2D eigenvalue weighted by Gasteiger charge is 2.43. The highest BCUT2D eigenvalue weighted by Crippen LogP contribution is 2.29. The van der Waals surface area contributed by atoms with E-state index in [2.05, 4.69) is 0 Å². The van der Waals surface area contributed by atoms with Crippen molar-refractivity contribution in [1.29, 1.82) is 0 Å². The van der Waals surface area contributed by atoms with E-state index in [1.807, 2.05) is 91.0 Å². The van der Waals surface area contributed by atoms with Gasteiger partial charge in [0.2, 0.25) is 0 Å². The molecule has 7 heteroatoms. The van der Waals surface area contributed by atoms with Gasteiger partial charge in [-0.05, 0) is 50.1 Å². The minimum Gasteiger partial charge on any atom is -0.458 e. The predicted molar refractivity (Wildman–Crippen MR) is 167 cm³/mol. The van der Waals surface area contributed by atoms with E-state index < -0.39 is 23.6 Å². The lowest BCUT2D eigenvalue weighted by molar-refractivity contribution is -0.159. The maximum Gasteiger partial charge on any atom is 0.345 e. The first-order chi connectivity index (χ1) is 20.7. The number of esters is 1. The van der Waals surface area contributed by atoms with Crippen LogP contribution in [0.15, 0.2) is 126 Å². The Labute approximate surface area is 251 Å². The molecule has 6 nitrogen and oxygen atoms in total. The summed E-state index contributed by atoms with van der Waals surface area (Å²) >= 11 is 0. The van der Waals surface area contributed by atoms with E-state index in [1.54, 1.807) is 39.0 Å². The monoisotopic (exact) mass is 575 g/mol. The summed E-state index contributed by atoms with van der Waals surface area (Å²) in [6, 6.07) is 33.4. The normalized spacial score (nSPS) is 15.0. The molecular formula is C36H34FN3O3. The lowest BCUT2D eigenvalue weighted by Gasteiger charge is -2.30. The third-order valence-corrected chi connectivity index (χ3v) is 6.83. The van der Waals surface area contributed by atoms with Gasteiger partial charge in [0.1, 0.15) is 17.5 Å². The molecule has 5 rings (SSSR count). The highest BCUT2D eigenvalue weighted by atomic mass is 19.1. The molecule has 0 saturated carbocycles. The van der Waals surface area contributed by atoms with Crippen LogP contribution in [0, 0.1) is 5.82 Å². The van der Waals surface area contributed by atoms with Gasteiger partial charge >= 0.3 is 12.0 Å². The molecule has 1 fully saturated rings. The number of ether oxygens (including phenoxy) is 1.